The Bertz CT molecular complexity index is 2720. The second-order valence-electron chi connectivity index (χ2n) is 12.7. The number of fused-ring (bicyclic) bond motifs is 12. The monoisotopic (exact) mass is 624 g/mol. The number of hydrogen-bond acceptors (Lipinski definition) is 4. The summed E-state index contributed by atoms with van der Waals surface area (Å²) in [6.45, 7) is 4.70. The molecule has 5 nitrogen and oxygen atoms in total. The van der Waals surface area contributed by atoms with Gasteiger partial charge in [0.15, 0.2) is 0 Å². The quantitative estimate of drug-likeness (QED) is 0.184. The molecule has 6 heteroatoms. The number of hydrogen-bond donors (Lipinski definition) is 0. The Morgan fingerprint density at radius 3 is 2.32 bits per heavy atom. The maximum Gasteiger partial charge on any atom is 0.145 e. The van der Waals surface area contributed by atoms with E-state index < -0.39 is 0 Å². The van der Waals surface area contributed by atoms with Gasteiger partial charge in [0.25, 0.3) is 0 Å². The first-order valence-electron chi connectivity index (χ1n) is 15.8. The van der Waals surface area contributed by atoms with Gasteiger partial charge >= 0.3 is 0 Å². The van der Waals surface area contributed by atoms with Crippen LogP contribution in [0.5, 0.6) is 11.5 Å². The minimum Gasteiger partial charge on any atom is -0.457 e. The molecule has 0 fully saturated rings. The Balaban J connectivity index is 1.18. The largest absolute Gasteiger partial charge is 0.457 e. The van der Waals surface area contributed by atoms with Crippen LogP contribution in [0.3, 0.4) is 0 Å². The van der Waals surface area contributed by atoms with Gasteiger partial charge < -0.3 is 4.74 Å². The molecule has 9 aromatic rings. The third kappa shape index (κ3) is 3.79. The molecule has 0 radical (unpaired) electrons. The zero-order valence-electron chi connectivity index (χ0n) is 25.8. The highest BCUT2D eigenvalue weighted by Gasteiger charge is 2.36. The number of para-hydroxylation sites is 1. The van der Waals surface area contributed by atoms with Gasteiger partial charge in [0.2, 0.25) is 0 Å². The summed E-state index contributed by atoms with van der Waals surface area (Å²) in [5.74, 6) is 2.42. The first-order chi connectivity index (χ1) is 23.1. The molecule has 5 heterocycles. The highest BCUT2D eigenvalue weighted by molar-refractivity contribution is 7.99. The lowest BCUT2D eigenvalue weighted by Crippen LogP contribution is -2.24. The summed E-state index contributed by atoms with van der Waals surface area (Å²) in [6.07, 6.45) is 5.74. The highest BCUT2D eigenvalue weighted by Crippen LogP contribution is 2.53. The summed E-state index contributed by atoms with van der Waals surface area (Å²) in [4.78, 5) is 12.1. The van der Waals surface area contributed by atoms with Crippen LogP contribution in [0, 0.1) is 0 Å². The lowest BCUT2D eigenvalue weighted by Gasteiger charge is -2.35. The van der Waals surface area contributed by atoms with Gasteiger partial charge in [-0.25, -0.2) is 9.97 Å². The number of imidazole rings is 1. The van der Waals surface area contributed by atoms with Crippen molar-refractivity contribution in [2.45, 2.75) is 29.1 Å². The molecule has 0 atom stereocenters. The van der Waals surface area contributed by atoms with Gasteiger partial charge in [0, 0.05) is 61.4 Å². The lowest BCUT2D eigenvalue weighted by molar-refractivity contribution is 0.484. The zero-order valence-corrected chi connectivity index (χ0v) is 26.6. The van der Waals surface area contributed by atoms with Gasteiger partial charge in [-0.1, -0.05) is 68.1 Å². The SMILES string of the molecule is CC1(C)c2ccccc2Sc2ccc3c(c21)c1ccc(Oc2ccc4c5ccccc5n5ccnc5c4c2)cc1n3-c1ccccn1. The average molecular weight is 625 g/mol. The standard InChI is InChI=1S/C41H28N4OS/c1-41(2)31-10-4-6-12-35(31)47-36-19-18-33-38(39(36)41)29-17-15-26(24-34(29)45(33)37-13-7-8-20-42-37)46-25-14-16-27-28-9-3-5-11-32(28)44-22-21-43-40(44)30(27)23-25/h3-24H,1-2H3. The third-order valence-corrected chi connectivity index (χ3v) is 10.8. The summed E-state index contributed by atoms with van der Waals surface area (Å²) in [7, 11) is 0. The molecule has 4 aromatic heterocycles. The number of benzene rings is 5. The number of pyridine rings is 2. The molecule has 0 unspecified atom stereocenters. The van der Waals surface area contributed by atoms with E-state index in [1.807, 2.05) is 42.5 Å². The molecule has 0 bridgehead atoms. The van der Waals surface area contributed by atoms with E-state index in [1.165, 1.54) is 37.1 Å². The fourth-order valence-corrected chi connectivity index (χ4v) is 9.06. The van der Waals surface area contributed by atoms with Crippen LogP contribution in [0.2, 0.25) is 0 Å². The van der Waals surface area contributed by atoms with Gasteiger partial charge in [-0.15, -0.1) is 0 Å². The molecule has 0 spiro atoms. The van der Waals surface area contributed by atoms with E-state index in [9.17, 15) is 0 Å². The van der Waals surface area contributed by atoms with Crippen LogP contribution >= 0.6 is 11.8 Å². The van der Waals surface area contributed by atoms with Crippen LogP contribution in [0.1, 0.15) is 25.0 Å². The van der Waals surface area contributed by atoms with Crippen molar-refractivity contribution in [2.75, 3.05) is 0 Å². The van der Waals surface area contributed by atoms with E-state index in [4.69, 9.17) is 14.7 Å². The maximum absolute atomic E-state index is 6.64. The van der Waals surface area contributed by atoms with Crippen LogP contribution < -0.4 is 4.74 Å². The van der Waals surface area contributed by atoms with E-state index in [0.717, 1.165) is 50.3 Å². The van der Waals surface area contributed by atoms with Crippen molar-refractivity contribution in [1.29, 1.82) is 0 Å². The van der Waals surface area contributed by atoms with Crippen molar-refractivity contribution in [2.24, 2.45) is 0 Å². The highest BCUT2D eigenvalue weighted by atomic mass is 32.2. The van der Waals surface area contributed by atoms with Crippen molar-refractivity contribution < 1.29 is 4.74 Å². The second kappa shape index (κ2) is 9.71. The normalized spacial score (nSPS) is 13.8. The Morgan fingerprint density at radius 2 is 1.43 bits per heavy atom. The first kappa shape index (κ1) is 26.6. The van der Waals surface area contributed by atoms with Crippen molar-refractivity contribution in [3.63, 3.8) is 0 Å². The summed E-state index contributed by atoms with van der Waals surface area (Å²) < 4.78 is 11.1. The number of ether oxygens (including phenoxy) is 1. The lowest BCUT2D eigenvalue weighted by atomic mass is 9.76. The van der Waals surface area contributed by atoms with Gasteiger partial charge in [0.05, 0.1) is 16.6 Å². The van der Waals surface area contributed by atoms with E-state index in [0.29, 0.717) is 0 Å². The summed E-state index contributed by atoms with van der Waals surface area (Å²) in [5, 5.41) is 5.85. The Morgan fingerprint density at radius 1 is 0.617 bits per heavy atom. The van der Waals surface area contributed by atoms with Crippen molar-refractivity contribution in [1.82, 2.24) is 18.9 Å². The smallest absolute Gasteiger partial charge is 0.145 e. The van der Waals surface area contributed by atoms with Crippen molar-refractivity contribution in [3.05, 3.63) is 145 Å². The molecular formula is C41H28N4OS. The Kier molecular flexibility index (Phi) is 5.50. The molecule has 5 aromatic carbocycles. The molecule has 0 amide bonds. The molecule has 0 aliphatic carbocycles. The first-order valence-corrected chi connectivity index (χ1v) is 16.6. The minimum absolute atomic E-state index is 0.178. The molecule has 10 rings (SSSR count). The topological polar surface area (TPSA) is 44.4 Å². The predicted molar refractivity (Wildman–Crippen MR) is 192 cm³/mol. The average Bonchev–Trinajstić information content (AvgIpc) is 3.72. The molecule has 224 valence electrons. The van der Waals surface area contributed by atoms with Crippen LogP contribution in [0.15, 0.2) is 144 Å². The van der Waals surface area contributed by atoms with E-state index in [1.54, 1.807) is 0 Å². The van der Waals surface area contributed by atoms with Crippen LogP contribution in [-0.4, -0.2) is 18.9 Å². The number of aromatic nitrogens is 4. The molecule has 1 aliphatic heterocycles. The fourth-order valence-electron chi connectivity index (χ4n) is 7.65. The van der Waals surface area contributed by atoms with Crippen LogP contribution in [0.4, 0.5) is 0 Å². The van der Waals surface area contributed by atoms with Gasteiger partial charge in [-0.05, 0) is 83.2 Å². The third-order valence-electron chi connectivity index (χ3n) is 9.71. The summed E-state index contributed by atoms with van der Waals surface area (Å²) in [5.41, 5.74) is 6.80. The molecular weight excluding hydrogens is 597 g/mol. The van der Waals surface area contributed by atoms with Crippen LogP contribution in [0.25, 0.3) is 54.9 Å². The van der Waals surface area contributed by atoms with Crippen molar-refractivity contribution in [3.8, 4) is 17.3 Å². The van der Waals surface area contributed by atoms with Crippen molar-refractivity contribution >= 4 is 60.9 Å². The summed E-state index contributed by atoms with van der Waals surface area (Å²) in [6, 6.07) is 40.7. The predicted octanol–water partition coefficient (Wildman–Crippen LogP) is 10.7. The van der Waals surface area contributed by atoms with Gasteiger partial charge in [-0.2, -0.15) is 0 Å². The Labute approximate surface area is 275 Å². The zero-order chi connectivity index (χ0) is 31.3. The molecule has 0 saturated heterocycles. The number of nitrogens with zero attached hydrogens (tertiary/aromatic N) is 4. The molecule has 0 saturated carbocycles. The van der Waals surface area contributed by atoms with Gasteiger partial charge in [0.1, 0.15) is 23.0 Å². The number of rotatable bonds is 3. The van der Waals surface area contributed by atoms with E-state index in [2.05, 4.69) is 126 Å². The van der Waals surface area contributed by atoms with Crippen LogP contribution in [-0.2, 0) is 5.41 Å². The molecule has 1 aliphatic rings. The van der Waals surface area contributed by atoms with Gasteiger partial charge in [-0.3, -0.25) is 8.97 Å². The fraction of sp³-hybridized carbons (Fsp3) is 0.0732. The molecule has 47 heavy (non-hydrogen) atoms. The summed E-state index contributed by atoms with van der Waals surface area (Å²) >= 11 is 1.86. The second-order valence-corrected chi connectivity index (χ2v) is 13.8. The van der Waals surface area contributed by atoms with E-state index >= 15 is 0 Å². The van der Waals surface area contributed by atoms with E-state index in [-0.39, 0.29) is 5.41 Å². The Hall–Kier alpha value is -5.59. The minimum atomic E-state index is -0.178. The maximum atomic E-state index is 6.64. The molecule has 0 N–H and O–H groups in total.